The molecule has 1 fully saturated rings. The van der Waals surface area contributed by atoms with Crippen LogP contribution in [0.15, 0.2) is 0 Å². The van der Waals surface area contributed by atoms with E-state index in [9.17, 15) is 13.6 Å². The number of hydrogen-bond donors (Lipinski definition) is 1. The monoisotopic (exact) mass is 165 g/mol. The number of nitrogens with zero attached hydrogens (tertiary/aromatic N) is 1. The predicted molar refractivity (Wildman–Crippen MR) is 33.6 cm³/mol. The Hall–Kier alpha value is -0.710. The van der Waals surface area contributed by atoms with Gasteiger partial charge in [0.25, 0.3) is 5.92 Å². The van der Waals surface area contributed by atoms with Crippen LogP contribution in [0, 0.1) is 0 Å². The molecule has 0 saturated carbocycles. The largest absolute Gasteiger partial charge is 0.481 e. The summed E-state index contributed by atoms with van der Waals surface area (Å²) in [6.45, 7) is -0.356. The van der Waals surface area contributed by atoms with Gasteiger partial charge in [-0.05, 0) is 0 Å². The third-order valence-electron chi connectivity index (χ3n) is 1.55. The summed E-state index contributed by atoms with van der Waals surface area (Å²) in [5.74, 6) is -3.53. The van der Waals surface area contributed by atoms with E-state index in [2.05, 4.69) is 0 Å². The summed E-state index contributed by atoms with van der Waals surface area (Å²) in [5.41, 5.74) is 0. The lowest BCUT2D eigenvalue weighted by molar-refractivity contribution is -0.145. The number of aliphatic carboxylic acids is 1. The molecule has 0 aromatic rings. The Morgan fingerprint density at radius 2 is 2.09 bits per heavy atom. The van der Waals surface area contributed by atoms with Crippen molar-refractivity contribution in [2.45, 2.75) is 12.3 Å². The minimum Gasteiger partial charge on any atom is -0.481 e. The van der Waals surface area contributed by atoms with Gasteiger partial charge < -0.3 is 5.11 Å². The van der Waals surface area contributed by atoms with E-state index < -0.39 is 11.9 Å². The number of carbonyl (C=O) groups is 1. The number of rotatable bonds is 3. The average molecular weight is 165 g/mol. The molecule has 0 aliphatic carbocycles. The highest BCUT2D eigenvalue weighted by Gasteiger charge is 2.43. The Labute approximate surface area is 62.6 Å². The molecule has 0 aromatic heterocycles. The molecular weight excluding hydrogens is 156 g/mol. The van der Waals surface area contributed by atoms with Gasteiger partial charge in [-0.3, -0.25) is 9.69 Å². The Morgan fingerprint density at radius 3 is 2.45 bits per heavy atom. The van der Waals surface area contributed by atoms with Crippen molar-refractivity contribution in [1.82, 2.24) is 4.90 Å². The third-order valence-corrected chi connectivity index (χ3v) is 1.55. The van der Waals surface area contributed by atoms with Crippen LogP contribution in [0.2, 0.25) is 0 Å². The number of carboxylic acids is 1. The lowest BCUT2D eigenvalue weighted by atomic mass is 10.1. The third kappa shape index (κ3) is 2.42. The smallest absolute Gasteiger partial charge is 0.304 e. The molecule has 1 saturated heterocycles. The van der Waals surface area contributed by atoms with Crippen molar-refractivity contribution in [3.05, 3.63) is 0 Å². The highest BCUT2D eigenvalue weighted by Crippen LogP contribution is 2.26. The standard InChI is InChI=1S/C6H9F2NO2/c7-6(8)3-9(4-6)2-1-5(10)11/h1-4H2,(H,10,11). The predicted octanol–water partition coefficient (Wildman–Crippen LogP) is 0.412. The summed E-state index contributed by atoms with van der Waals surface area (Å²) in [6, 6.07) is 0. The zero-order valence-corrected chi connectivity index (χ0v) is 5.89. The Balaban J connectivity index is 2.09. The number of hydrogen-bond acceptors (Lipinski definition) is 2. The molecule has 0 amide bonds. The molecule has 0 bridgehead atoms. The van der Waals surface area contributed by atoms with Crippen molar-refractivity contribution in [3.63, 3.8) is 0 Å². The maximum atomic E-state index is 12.1. The highest BCUT2D eigenvalue weighted by molar-refractivity contribution is 5.66. The van der Waals surface area contributed by atoms with Crippen molar-refractivity contribution < 1.29 is 18.7 Å². The summed E-state index contributed by atoms with van der Waals surface area (Å²) in [5, 5.41) is 8.20. The van der Waals surface area contributed by atoms with Gasteiger partial charge in [-0.25, -0.2) is 8.78 Å². The van der Waals surface area contributed by atoms with Gasteiger partial charge in [0.1, 0.15) is 0 Å². The van der Waals surface area contributed by atoms with Gasteiger partial charge in [0, 0.05) is 6.54 Å². The summed E-state index contributed by atoms with van der Waals surface area (Å²) in [6.07, 6.45) is -0.0594. The Morgan fingerprint density at radius 1 is 1.55 bits per heavy atom. The van der Waals surface area contributed by atoms with E-state index in [1.807, 2.05) is 0 Å². The zero-order valence-electron chi connectivity index (χ0n) is 5.89. The van der Waals surface area contributed by atoms with Gasteiger partial charge in [0.15, 0.2) is 0 Å². The summed E-state index contributed by atoms with van der Waals surface area (Å²) >= 11 is 0. The molecule has 0 radical (unpaired) electrons. The maximum Gasteiger partial charge on any atom is 0.304 e. The molecule has 3 nitrogen and oxygen atoms in total. The first kappa shape index (κ1) is 8.39. The van der Waals surface area contributed by atoms with Crippen LogP contribution in [0.5, 0.6) is 0 Å². The molecule has 0 atom stereocenters. The number of carboxylic acid groups (broad SMARTS) is 1. The first-order chi connectivity index (χ1) is 4.99. The average Bonchev–Trinajstić information content (AvgIpc) is 1.78. The van der Waals surface area contributed by atoms with Crippen LogP contribution in [0.4, 0.5) is 8.78 Å². The molecule has 0 spiro atoms. The second-order valence-electron chi connectivity index (χ2n) is 2.71. The van der Waals surface area contributed by atoms with Gasteiger partial charge in [-0.2, -0.15) is 0 Å². The number of halogens is 2. The molecule has 64 valence electrons. The highest BCUT2D eigenvalue weighted by atomic mass is 19.3. The fourth-order valence-corrected chi connectivity index (χ4v) is 1.02. The molecular formula is C6H9F2NO2. The van der Waals surface area contributed by atoms with Crippen molar-refractivity contribution in [2.24, 2.45) is 0 Å². The Kier molecular flexibility index (Phi) is 2.08. The van der Waals surface area contributed by atoms with Crippen LogP contribution in [0.25, 0.3) is 0 Å². The first-order valence-corrected chi connectivity index (χ1v) is 3.32. The van der Waals surface area contributed by atoms with Crippen molar-refractivity contribution in [2.75, 3.05) is 19.6 Å². The quantitative estimate of drug-likeness (QED) is 0.658. The normalized spacial score (nSPS) is 22.7. The Bertz CT molecular complexity index is 164. The molecule has 1 heterocycles. The summed E-state index contributed by atoms with van der Waals surface area (Å²) in [7, 11) is 0. The van der Waals surface area contributed by atoms with Crippen molar-refractivity contribution in [3.8, 4) is 0 Å². The fourth-order valence-electron chi connectivity index (χ4n) is 1.02. The SMILES string of the molecule is O=C(O)CCN1CC(F)(F)C1. The minimum absolute atomic E-state index is 0.0594. The van der Waals surface area contributed by atoms with Gasteiger partial charge in [-0.1, -0.05) is 0 Å². The van der Waals surface area contributed by atoms with E-state index in [1.54, 1.807) is 0 Å². The lowest BCUT2D eigenvalue weighted by Gasteiger charge is -2.38. The molecule has 0 unspecified atom stereocenters. The lowest BCUT2D eigenvalue weighted by Crippen LogP contribution is -2.56. The van der Waals surface area contributed by atoms with E-state index in [0.29, 0.717) is 0 Å². The molecule has 1 aliphatic rings. The number of likely N-dealkylation sites (tertiary alicyclic amines) is 1. The minimum atomic E-state index is -2.58. The molecule has 11 heavy (non-hydrogen) atoms. The van der Waals surface area contributed by atoms with E-state index in [4.69, 9.17) is 5.11 Å². The second-order valence-corrected chi connectivity index (χ2v) is 2.71. The van der Waals surface area contributed by atoms with Crippen LogP contribution in [0.1, 0.15) is 6.42 Å². The van der Waals surface area contributed by atoms with E-state index >= 15 is 0 Å². The van der Waals surface area contributed by atoms with Crippen molar-refractivity contribution in [1.29, 1.82) is 0 Å². The van der Waals surface area contributed by atoms with Crippen LogP contribution < -0.4 is 0 Å². The van der Waals surface area contributed by atoms with Gasteiger partial charge >= 0.3 is 5.97 Å². The van der Waals surface area contributed by atoms with Crippen molar-refractivity contribution >= 4 is 5.97 Å². The number of alkyl halides is 2. The molecule has 1 N–H and O–H groups in total. The fraction of sp³-hybridized carbons (Fsp3) is 0.833. The van der Waals surface area contributed by atoms with Gasteiger partial charge in [0.2, 0.25) is 0 Å². The van der Waals surface area contributed by atoms with Crippen LogP contribution in [0.3, 0.4) is 0 Å². The van der Waals surface area contributed by atoms with Crippen LogP contribution >= 0.6 is 0 Å². The van der Waals surface area contributed by atoms with E-state index in [0.717, 1.165) is 0 Å². The zero-order chi connectivity index (χ0) is 8.48. The second kappa shape index (κ2) is 2.73. The molecule has 5 heteroatoms. The van der Waals surface area contributed by atoms with Gasteiger partial charge in [0.05, 0.1) is 19.5 Å². The molecule has 0 aromatic carbocycles. The maximum absolute atomic E-state index is 12.1. The molecule has 1 aliphatic heterocycles. The summed E-state index contributed by atoms with van der Waals surface area (Å²) in [4.78, 5) is 11.4. The van der Waals surface area contributed by atoms with Gasteiger partial charge in [-0.15, -0.1) is 0 Å². The topological polar surface area (TPSA) is 40.5 Å². The van der Waals surface area contributed by atoms with E-state index in [-0.39, 0.29) is 26.1 Å². The first-order valence-electron chi connectivity index (χ1n) is 3.32. The molecule has 1 rings (SSSR count). The summed E-state index contributed by atoms with van der Waals surface area (Å²) < 4.78 is 24.2. The van der Waals surface area contributed by atoms with Crippen LogP contribution in [-0.4, -0.2) is 41.5 Å². The van der Waals surface area contributed by atoms with E-state index in [1.165, 1.54) is 4.90 Å². The van der Waals surface area contributed by atoms with Crippen LogP contribution in [-0.2, 0) is 4.79 Å².